The number of carbonyl (C=O) groups excluding carboxylic acids is 2. The minimum atomic E-state index is -0.762. The zero-order valence-corrected chi connectivity index (χ0v) is 11.6. The van der Waals surface area contributed by atoms with E-state index in [1.54, 1.807) is 6.92 Å². The Hall–Kier alpha value is -2.10. The highest BCUT2D eigenvalue weighted by Crippen LogP contribution is 2.41. The summed E-state index contributed by atoms with van der Waals surface area (Å²) in [5, 5.41) is 0. The second kappa shape index (κ2) is 4.47. The van der Waals surface area contributed by atoms with Crippen LogP contribution in [0, 0.1) is 0 Å². The van der Waals surface area contributed by atoms with Crippen molar-refractivity contribution in [3.05, 3.63) is 40.5 Å². The molecule has 0 fully saturated rings. The van der Waals surface area contributed by atoms with Gasteiger partial charge in [0, 0.05) is 6.42 Å². The van der Waals surface area contributed by atoms with Gasteiger partial charge >= 0.3 is 11.9 Å². The van der Waals surface area contributed by atoms with Crippen LogP contribution in [0.15, 0.2) is 18.2 Å². The predicted octanol–water partition coefficient (Wildman–Crippen LogP) is 2.48. The predicted molar refractivity (Wildman–Crippen MR) is 72.7 cm³/mol. The molecule has 0 saturated carbocycles. The summed E-state index contributed by atoms with van der Waals surface area (Å²) >= 11 is 0. The fraction of sp³-hybridized carbons (Fsp3) is 0.375. The smallest absolute Gasteiger partial charge is 0.247 e. The van der Waals surface area contributed by atoms with E-state index in [4.69, 9.17) is 4.89 Å². The van der Waals surface area contributed by atoms with Crippen molar-refractivity contribution in [1.29, 1.82) is 0 Å². The average molecular weight is 272 g/mol. The van der Waals surface area contributed by atoms with Crippen LogP contribution >= 0.6 is 0 Å². The molecule has 104 valence electrons. The molecule has 0 spiro atoms. The summed E-state index contributed by atoms with van der Waals surface area (Å²) in [6.45, 7) is 3.48. The largest absolute Gasteiger partial charge is 0.366 e. The molecule has 0 aliphatic heterocycles. The van der Waals surface area contributed by atoms with Gasteiger partial charge < -0.3 is 0 Å². The van der Waals surface area contributed by atoms with Crippen LogP contribution in [0.25, 0.3) is 6.08 Å². The lowest BCUT2D eigenvalue weighted by molar-refractivity contribution is -0.262. The van der Waals surface area contributed by atoms with Gasteiger partial charge in [0.1, 0.15) is 0 Å². The van der Waals surface area contributed by atoms with Gasteiger partial charge in [0.25, 0.3) is 0 Å². The van der Waals surface area contributed by atoms with Crippen LogP contribution in [0.1, 0.15) is 42.5 Å². The molecule has 4 nitrogen and oxygen atoms in total. The van der Waals surface area contributed by atoms with Crippen molar-refractivity contribution in [2.45, 2.75) is 38.5 Å². The number of benzene rings is 1. The molecule has 3 rings (SSSR count). The standard InChI is InChI=1S/C16H16O4/c1-3-14(17)19-20-15(18)16(2)9-11-8-12(16)7-10-5-4-6-13(10)11/h4-5,7-8H,3,6,9H2,1-2H3. The second-order valence-electron chi connectivity index (χ2n) is 5.50. The number of rotatable bonds is 2. The molecule has 20 heavy (non-hydrogen) atoms. The molecular weight excluding hydrogens is 256 g/mol. The molecule has 4 heteroatoms. The second-order valence-corrected chi connectivity index (χ2v) is 5.50. The van der Waals surface area contributed by atoms with E-state index in [9.17, 15) is 9.59 Å². The Kier molecular flexibility index (Phi) is 2.89. The van der Waals surface area contributed by atoms with Gasteiger partial charge in [-0.3, -0.25) is 0 Å². The first-order valence-corrected chi connectivity index (χ1v) is 6.79. The summed E-state index contributed by atoms with van der Waals surface area (Å²) in [5.41, 5.74) is 3.82. The topological polar surface area (TPSA) is 52.6 Å². The molecule has 0 N–H and O–H groups in total. The van der Waals surface area contributed by atoms with E-state index >= 15 is 0 Å². The number of fused-ring (bicyclic) bond motifs is 4. The molecule has 1 aromatic carbocycles. The quantitative estimate of drug-likeness (QED) is 0.613. The number of hydrogen-bond acceptors (Lipinski definition) is 4. The van der Waals surface area contributed by atoms with Crippen LogP contribution in [0.4, 0.5) is 0 Å². The van der Waals surface area contributed by atoms with Gasteiger partial charge in [-0.15, -0.1) is 0 Å². The van der Waals surface area contributed by atoms with Crippen molar-refractivity contribution in [2.24, 2.45) is 0 Å². The van der Waals surface area contributed by atoms with E-state index in [1.165, 1.54) is 16.7 Å². The average Bonchev–Trinajstić information content (AvgIpc) is 3.01. The highest BCUT2D eigenvalue weighted by molar-refractivity contribution is 5.86. The molecule has 0 amide bonds. The molecule has 2 aliphatic carbocycles. The van der Waals surface area contributed by atoms with E-state index in [0.29, 0.717) is 6.42 Å². The summed E-state index contributed by atoms with van der Waals surface area (Å²) < 4.78 is 0. The Labute approximate surface area is 117 Å². The first kappa shape index (κ1) is 12.9. The molecule has 1 atom stereocenters. The molecule has 0 saturated heterocycles. The van der Waals surface area contributed by atoms with Gasteiger partial charge in [0.15, 0.2) is 0 Å². The summed E-state index contributed by atoms with van der Waals surface area (Å²) in [5.74, 6) is -1.06. The molecule has 1 aromatic rings. The van der Waals surface area contributed by atoms with Gasteiger partial charge in [-0.05, 0) is 42.0 Å². The first-order valence-electron chi connectivity index (χ1n) is 6.79. The van der Waals surface area contributed by atoms with E-state index in [2.05, 4.69) is 23.1 Å². The minimum Gasteiger partial charge on any atom is -0.247 e. The SMILES string of the molecule is CCC(=O)OOC(=O)C1(C)Cc2cc1cc1c2CC=C1. The maximum Gasteiger partial charge on any atom is 0.366 e. The van der Waals surface area contributed by atoms with Crippen LogP contribution in [-0.2, 0) is 37.6 Å². The maximum absolute atomic E-state index is 12.2. The van der Waals surface area contributed by atoms with Crippen molar-refractivity contribution in [1.82, 2.24) is 0 Å². The Morgan fingerprint density at radius 3 is 2.85 bits per heavy atom. The molecule has 2 aliphatic rings. The Morgan fingerprint density at radius 1 is 1.30 bits per heavy atom. The Bertz CT molecular complexity index is 630. The van der Waals surface area contributed by atoms with Crippen LogP contribution < -0.4 is 0 Å². The lowest BCUT2D eigenvalue weighted by atomic mass is 9.84. The highest BCUT2D eigenvalue weighted by atomic mass is 17.2. The molecule has 0 heterocycles. The maximum atomic E-state index is 12.2. The summed E-state index contributed by atoms with van der Waals surface area (Å²) in [6.07, 6.45) is 5.90. The summed E-state index contributed by atoms with van der Waals surface area (Å²) in [7, 11) is 0. The van der Waals surface area contributed by atoms with E-state index in [1.807, 2.05) is 13.0 Å². The van der Waals surface area contributed by atoms with Crippen molar-refractivity contribution < 1.29 is 19.4 Å². The lowest BCUT2D eigenvalue weighted by Crippen LogP contribution is -2.34. The van der Waals surface area contributed by atoms with Crippen molar-refractivity contribution in [3.63, 3.8) is 0 Å². The van der Waals surface area contributed by atoms with E-state index in [-0.39, 0.29) is 6.42 Å². The monoisotopic (exact) mass is 272 g/mol. The fourth-order valence-electron chi connectivity index (χ4n) is 2.84. The van der Waals surface area contributed by atoms with Crippen molar-refractivity contribution >= 4 is 18.0 Å². The van der Waals surface area contributed by atoms with Crippen LogP contribution in [0.3, 0.4) is 0 Å². The number of carbonyl (C=O) groups is 2. The van der Waals surface area contributed by atoms with Crippen LogP contribution in [-0.4, -0.2) is 11.9 Å². The Morgan fingerprint density at radius 2 is 2.10 bits per heavy atom. The van der Waals surface area contributed by atoms with E-state index < -0.39 is 17.4 Å². The summed E-state index contributed by atoms with van der Waals surface area (Å²) in [4.78, 5) is 32.5. The zero-order valence-electron chi connectivity index (χ0n) is 11.6. The third-order valence-corrected chi connectivity index (χ3v) is 4.13. The zero-order chi connectivity index (χ0) is 14.3. The van der Waals surface area contributed by atoms with E-state index in [0.717, 1.165) is 12.0 Å². The summed E-state index contributed by atoms with van der Waals surface area (Å²) in [6, 6.07) is 4.08. The van der Waals surface area contributed by atoms with Gasteiger partial charge in [-0.25, -0.2) is 19.4 Å². The van der Waals surface area contributed by atoms with Gasteiger partial charge in [-0.2, -0.15) is 0 Å². The van der Waals surface area contributed by atoms with Crippen molar-refractivity contribution in [3.8, 4) is 0 Å². The molecular formula is C16H16O4. The van der Waals surface area contributed by atoms with Gasteiger partial charge in [0.05, 0.1) is 5.41 Å². The van der Waals surface area contributed by atoms with Crippen molar-refractivity contribution in [2.75, 3.05) is 0 Å². The normalized spacial score (nSPS) is 21.7. The molecule has 0 aromatic heterocycles. The highest BCUT2D eigenvalue weighted by Gasteiger charge is 2.44. The fourth-order valence-corrected chi connectivity index (χ4v) is 2.84. The first-order chi connectivity index (χ1) is 9.54. The lowest BCUT2D eigenvalue weighted by Gasteiger charge is -2.20. The Balaban J connectivity index is 1.82. The number of allylic oxidation sites excluding steroid dienone is 1. The van der Waals surface area contributed by atoms with Gasteiger partial charge in [-0.1, -0.05) is 31.2 Å². The molecule has 2 bridgehead atoms. The van der Waals surface area contributed by atoms with Crippen LogP contribution in [0.5, 0.6) is 0 Å². The van der Waals surface area contributed by atoms with Gasteiger partial charge in [0.2, 0.25) is 0 Å². The molecule has 0 radical (unpaired) electrons. The third kappa shape index (κ3) is 1.83. The number of hydrogen-bond donors (Lipinski definition) is 0. The minimum absolute atomic E-state index is 0.177. The van der Waals surface area contributed by atoms with Crippen LogP contribution in [0.2, 0.25) is 0 Å². The third-order valence-electron chi connectivity index (χ3n) is 4.13. The molecule has 1 unspecified atom stereocenters.